The van der Waals surface area contributed by atoms with Crippen molar-refractivity contribution in [2.24, 2.45) is 0 Å². The molecule has 0 radical (unpaired) electrons. The summed E-state index contributed by atoms with van der Waals surface area (Å²) < 4.78 is 39.9. The molecule has 2 aromatic carbocycles. The van der Waals surface area contributed by atoms with E-state index >= 15 is 0 Å². The number of nitrogens with zero attached hydrogens (tertiary/aromatic N) is 1. The monoisotopic (exact) mass is 399 g/mol. The SMILES string of the molecule is O=C(Nc1ccc(F)c(F)c1)N[C@H]1CC[C@H](c2ccnc3ccc(F)cc32)CC1. The van der Waals surface area contributed by atoms with Gasteiger partial charge in [-0.15, -0.1) is 0 Å². The summed E-state index contributed by atoms with van der Waals surface area (Å²) >= 11 is 0. The van der Waals surface area contributed by atoms with Crippen LogP contribution in [0.25, 0.3) is 10.9 Å². The molecule has 1 fully saturated rings. The van der Waals surface area contributed by atoms with Gasteiger partial charge in [-0.2, -0.15) is 0 Å². The van der Waals surface area contributed by atoms with Crippen molar-refractivity contribution in [3.05, 3.63) is 71.7 Å². The molecule has 0 aliphatic heterocycles. The van der Waals surface area contributed by atoms with Crippen molar-refractivity contribution in [1.29, 1.82) is 0 Å². The second-order valence-corrected chi connectivity index (χ2v) is 7.34. The Balaban J connectivity index is 1.37. The highest BCUT2D eigenvalue weighted by Gasteiger charge is 2.25. The number of aromatic nitrogens is 1. The van der Waals surface area contributed by atoms with Crippen molar-refractivity contribution in [3.63, 3.8) is 0 Å². The first-order chi connectivity index (χ1) is 14.0. The molecular formula is C22H20F3N3O. The Labute approximate surface area is 166 Å². The molecule has 1 heterocycles. The fourth-order valence-corrected chi connectivity index (χ4v) is 3.97. The summed E-state index contributed by atoms with van der Waals surface area (Å²) in [5.41, 5.74) is 2.05. The molecule has 1 saturated carbocycles. The van der Waals surface area contributed by atoms with Gasteiger partial charge in [0.05, 0.1) is 5.52 Å². The van der Waals surface area contributed by atoms with E-state index in [4.69, 9.17) is 0 Å². The van der Waals surface area contributed by atoms with Gasteiger partial charge in [-0.05, 0) is 73.6 Å². The van der Waals surface area contributed by atoms with Crippen LogP contribution in [-0.4, -0.2) is 17.1 Å². The minimum atomic E-state index is -1.01. The van der Waals surface area contributed by atoms with Crippen LogP contribution in [0.15, 0.2) is 48.7 Å². The van der Waals surface area contributed by atoms with Gasteiger partial charge in [-0.3, -0.25) is 4.98 Å². The summed E-state index contributed by atoms with van der Waals surface area (Å²) in [5.74, 6) is -1.98. The molecule has 0 unspecified atom stereocenters. The Kier molecular flexibility index (Phi) is 5.38. The van der Waals surface area contributed by atoms with Gasteiger partial charge >= 0.3 is 6.03 Å². The first kappa shape index (κ1) is 19.2. The predicted octanol–water partition coefficient (Wildman–Crippen LogP) is 5.50. The van der Waals surface area contributed by atoms with Gasteiger partial charge in [0, 0.05) is 29.4 Å². The first-order valence-electron chi connectivity index (χ1n) is 9.56. The summed E-state index contributed by atoms with van der Waals surface area (Å²) in [6.07, 6.45) is 5.00. The van der Waals surface area contributed by atoms with Crippen LogP contribution in [0, 0.1) is 17.5 Å². The van der Waals surface area contributed by atoms with Gasteiger partial charge in [0.15, 0.2) is 11.6 Å². The van der Waals surface area contributed by atoms with Crippen LogP contribution in [-0.2, 0) is 0 Å². The Morgan fingerprint density at radius 2 is 1.72 bits per heavy atom. The van der Waals surface area contributed by atoms with Crippen molar-refractivity contribution in [2.45, 2.75) is 37.6 Å². The standard InChI is InChI=1S/C22H20F3N3O/c23-14-3-8-21-18(11-14)17(9-10-26-21)13-1-4-15(5-2-13)27-22(29)28-16-6-7-19(24)20(25)12-16/h3,6-13,15H,1-2,4-5H2,(H2,27,28,29)/t13-,15-. The zero-order chi connectivity index (χ0) is 20.4. The second kappa shape index (κ2) is 8.11. The van der Waals surface area contributed by atoms with Gasteiger partial charge in [-0.25, -0.2) is 18.0 Å². The third kappa shape index (κ3) is 4.34. The minimum absolute atomic E-state index is 0.0126. The Bertz CT molecular complexity index is 1050. The van der Waals surface area contributed by atoms with Crippen LogP contribution in [0.2, 0.25) is 0 Å². The van der Waals surface area contributed by atoms with E-state index < -0.39 is 17.7 Å². The second-order valence-electron chi connectivity index (χ2n) is 7.34. The van der Waals surface area contributed by atoms with E-state index in [0.717, 1.165) is 54.3 Å². The average Bonchev–Trinajstić information content (AvgIpc) is 2.71. The highest BCUT2D eigenvalue weighted by atomic mass is 19.2. The summed E-state index contributed by atoms with van der Waals surface area (Å²) in [4.78, 5) is 16.5. The Morgan fingerprint density at radius 1 is 0.931 bits per heavy atom. The molecule has 1 aromatic heterocycles. The largest absolute Gasteiger partial charge is 0.335 e. The zero-order valence-electron chi connectivity index (χ0n) is 15.6. The van der Waals surface area contributed by atoms with E-state index in [9.17, 15) is 18.0 Å². The van der Waals surface area contributed by atoms with Crippen molar-refractivity contribution in [1.82, 2.24) is 10.3 Å². The molecule has 1 aliphatic carbocycles. The Morgan fingerprint density at radius 3 is 2.48 bits per heavy atom. The number of hydrogen-bond acceptors (Lipinski definition) is 2. The summed E-state index contributed by atoms with van der Waals surface area (Å²) in [5, 5.41) is 6.24. The number of urea groups is 1. The number of fused-ring (bicyclic) bond motifs is 1. The number of benzene rings is 2. The van der Waals surface area contributed by atoms with Crippen LogP contribution < -0.4 is 10.6 Å². The van der Waals surface area contributed by atoms with Crippen LogP contribution in [0.3, 0.4) is 0 Å². The number of amides is 2. The lowest BCUT2D eigenvalue weighted by Gasteiger charge is -2.30. The van der Waals surface area contributed by atoms with Crippen molar-refractivity contribution < 1.29 is 18.0 Å². The molecule has 150 valence electrons. The minimum Gasteiger partial charge on any atom is -0.335 e. The topological polar surface area (TPSA) is 54.0 Å². The number of carbonyl (C=O) groups excluding carboxylic acids is 1. The van der Waals surface area contributed by atoms with Crippen LogP contribution in [0.1, 0.15) is 37.2 Å². The first-order valence-corrected chi connectivity index (χ1v) is 9.56. The molecule has 0 atom stereocenters. The Hall–Kier alpha value is -3.09. The smallest absolute Gasteiger partial charge is 0.319 e. The highest BCUT2D eigenvalue weighted by molar-refractivity contribution is 5.89. The maximum absolute atomic E-state index is 13.7. The molecule has 29 heavy (non-hydrogen) atoms. The molecule has 4 nitrogen and oxygen atoms in total. The molecule has 0 spiro atoms. The number of carbonyl (C=O) groups is 1. The molecule has 2 amide bonds. The van der Waals surface area contributed by atoms with Gasteiger partial charge in [0.1, 0.15) is 5.82 Å². The number of nitrogens with one attached hydrogen (secondary N) is 2. The maximum Gasteiger partial charge on any atom is 0.319 e. The highest BCUT2D eigenvalue weighted by Crippen LogP contribution is 2.36. The lowest BCUT2D eigenvalue weighted by molar-refractivity contribution is 0.242. The van der Waals surface area contributed by atoms with Gasteiger partial charge in [0.25, 0.3) is 0 Å². The molecule has 3 aromatic rings. The summed E-state index contributed by atoms with van der Waals surface area (Å²) in [6.45, 7) is 0. The van der Waals surface area contributed by atoms with E-state index in [1.807, 2.05) is 6.07 Å². The number of pyridine rings is 1. The third-order valence-corrected chi connectivity index (χ3v) is 5.42. The third-order valence-electron chi connectivity index (χ3n) is 5.42. The van der Waals surface area contributed by atoms with Gasteiger partial charge < -0.3 is 10.6 Å². The fourth-order valence-electron chi connectivity index (χ4n) is 3.97. The molecule has 1 aliphatic rings. The van der Waals surface area contributed by atoms with E-state index in [1.165, 1.54) is 18.2 Å². The predicted molar refractivity (Wildman–Crippen MR) is 105 cm³/mol. The van der Waals surface area contributed by atoms with Gasteiger partial charge in [-0.1, -0.05) is 0 Å². The van der Waals surface area contributed by atoms with E-state index in [-0.39, 0.29) is 23.5 Å². The lowest BCUT2D eigenvalue weighted by Crippen LogP contribution is -2.39. The maximum atomic E-state index is 13.7. The number of hydrogen-bond donors (Lipinski definition) is 2. The van der Waals surface area contributed by atoms with Crippen LogP contribution in [0.4, 0.5) is 23.7 Å². The van der Waals surface area contributed by atoms with Crippen molar-refractivity contribution in [3.8, 4) is 0 Å². The number of halogens is 3. The normalized spacial score (nSPS) is 19.1. The van der Waals surface area contributed by atoms with E-state index in [0.29, 0.717) is 0 Å². The molecule has 2 N–H and O–H groups in total. The molecule has 7 heteroatoms. The number of anilines is 1. The van der Waals surface area contributed by atoms with Gasteiger partial charge in [0.2, 0.25) is 0 Å². The van der Waals surface area contributed by atoms with Crippen molar-refractivity contribution >= 4 is 22.6 Å². The molecule has 4 rings (SSSR count). The van der Waals surface area contributed by atoms with Crippen molar-refractivity contribution in [2.75, 3.05) is 5.32 Å². The summed E-state index contributed by atoms with van der Waals surface area (Å²) in [7, 11) is 0. The number of rotatable bonds is 3. The summed E-state index contributed by atoms with van der Waals surface area (Å²) in [6, 6.07) is 9.32. The molecule has 0 saturated heterocycles. The van der Waals surface area contributed by atoms with E-state index in [1.54, 1.807) is 12.3 Å². The van der Waals surface area contributed by atoms with E-state index in [2.05, 4.69) is 15.6 Å². The molecule has 0 bridgehead atoms. The van der Waals surface area contributed by atoms with Crippen LogP contribution >= 0.6 is 0 Å². The lowest BCUT2D eigenvalue weighted by atomic mass is 9.80. The average molecular weight is 399 g/mol. The zero-order valence-corrected chi connectivity index (χ0v) is 15.6. The molecular weight excluding hydrogens is 379 g/mol. The fraction of sp³-hybridized carbons (Fsp3) is 0.273. The van der Waals surface area contributed by atoms with Crippen LogP contribution in [0.5, 0.6) is 0 Å². The quantitative estimate of drug-likeness (QED) is 0.611.